The third kappa shape index (κ3) is 3.46. The molecule has 2 fully saturated rings. The number of carbonyl (C=O) groups is 2. The maximum absolute atomic E-state index is 16.2. The molecule has 4 aromatic rings. The molecule has 2 N–H and O–H groups in total. The van der Waals surface area contributed by atoms with E-state index in [4.69, 9.17) is 28.2 Å². The Balaban J connectivity index is 1.44. The summed E-state index contributed by atoms with van der Waals surface area (Å²) in [7, 11) is 0. The number of aromatic nitrogens is 2. The van der Waals surface area contributed by atoms with Gasteiger partial charge in [0.25, 0.3) is 0 Å². The van der Waals surface area contributed by atoms with Crippen LogP contribution in [0.5, 0.6) is 0 Å². The van der Waals surface area contributed by atoms with Crippen LogP contribution in [0.25, 0.3) is 11.0 Å². The average Bonchev–Trinajstić information content (AvgIpc) is 3.55. The molecule has 214 valence electrons. The number of carboxylic acids is 1. The van der Waals surface area contributed by atoms with Crippen LogP contribution in [0.1, 0.15) is 64.0 Å². The van der Waals surface area contributed by atoms with Gasteiger partial charge in [-0.15, -0.1) is 0 Å². The summed E-state index contributed by atoms with van der Waals surface area (Å²) in [5, 5.41) is 13.4. The van der Waals surface area contributed by atoms with Crippen LogP contribution in [-0.2, 0) is 16.9 Å². The first-order valence-electron chi connectivity index (χ1n) is 14.3. The van der Waals surface area contributed by atoms with Crippen molar-refractivity contribution in [2.45, 2.75) is 56.1 Å². The molecular weight excluding hydrogens is 578 g/mol. The normalized spacial score (nSPS) is 26.4. The van der Waals surface area contributed by atoms with Crippen LogP contribution in [0.15, 0.2) is 48.5 Å². The fourth-order valence-electron chi connectivity index (χ4n) is 7.97. The van der Waals surface area contributed by atoms with Crippen LogP contribution in [0.2, 0.25) is 10.0 Å². The Labute approximate surface area is 251 Å². The van der Waals surface area contributed by atoms with E-state index >= 15 is 4.39 Å². The molecule has 7 nitrogen and oxygen atoms in total. The molecule has 8 rings (SSSR count). The number of nitrogens with zero attached hydrogens (tertiary/aromatic N) is 3. The molecule has 4 atom stereocenters. The number of nitrogens with one attached hydrogen (secondary N) is 1. The Morgan fingerprint density at radius 2 is 1.98 bits per heavy atom. The summed E-state index contributed by atoms with van der Waals surface area (Å²) < 4.78 is 18.3. The topological polar surface area (TPSA) is 87.5 Å². The van der Waals surface area contributed by atoms with E-state index in [-0.39, 0.29) is 28.5 Å². The lowest BCUT2D eigenvalue weighted by Gasteiger charge is -2.40. The quantitative estimate of drug-likeness (QED) is 0.270. The first-order valence-corrected chi connectivity index (χ1v) is 15.0. The predicted octanol–water partition coefficient (Wildman–Crippen LogP) is 6.70. The van der Waals surface area contributed by atoms with Crippen LogP contribution in [0.4, 0.5) is 10.1 Å². The first kappa shape index (κ1) is 26.2. The number of amides is 1. The number of likely N-dealkylation sites (tertiary alicyclic amines) is 1. The summed E-state index contributed by atoms with van der Waals surface area (Å²) >= 11 is 12.8. The number of halogens is 3. The SMILES string of the molecule is Cc1cc2c(cc1C(=O)O)nc1n2CC[C@H]2[C@@H]1[C@H](c1cccc(Cl)c1F)[C@]1(C(=O)Nc3cc(Cl)ccc31)N2CC1CC1. The molecular formula is C32H27Cl2FN4O3. The van der Waals surface area contributed by atoms with E-state index in [9.17, 15) is 14.7 Å². The zero-order chi connectivity index (χ0) is 29.1. The molecule has 1 spiro atoms. The largest absolute Gasteiger partial charge is 0.478 e. The lowest BCUT2D eigenvalue weighted by molar-refractivity contribution is -0.128. The lowest BCUT2D eigenvalue weighted by atomic mass is 9.70. The van der Waals surface area contributed by atoms with Gasteiger partial charge in [0, 0.05) is 47.2 Å². The molecule has 1 saturated heterocycles. The van der Waals surface area contributed by atoms with Crippen molar-refractivity contribution in [3.8, 4) is 0 Å². The van der Waals surface area contributed by atoms with Crippen molar-refractivity contribution in [1.29, 1.82) is 0 Å². The number of hydrogen-bond donors (Lipinski definition) is 2. The third-order valence-electron chi connectivity index (χ3n) is 9.83. The highest BCUT2D eigenvalue weighted by atomic mass is 35.5. The molecule has 3 aromatic carbocycles. The second-order valence-corrected chi connectivity index (χ2v) is 12.9. The van der Waals surface area contributed by atoms with Crippen LogP contribution in [0.3, 0.4) is 0 Å². The van der Waals surface area contributed by atoms with E-state index in [0.29, 0.717) is 46.4 Å². The molecule has 4 aliphatic rings. The van der Waals surface area contributed by atoms with Crippen LogP contribution >= 0.6 is 23.2 Å². The Morgan fingerprint density at radius 1 is 1.17 bits per heavy atom. The van der Waals surface area contributed by atoms with E-state index in [1.807, 2.05) is 12.1 Å². The summed E-state index contributed by atoms with van der Waals surface area (Å²) in [6.07, 6.45) is 2.90. The smallest absolute Gasteiger partial charge is 0.336 e. The Hall–Kier alpha value is -3.46. The van der Waals surface area contributed by atoms with Crippen LogP contribution < -0.4 is 5.32 Å². The fraction of sp³-hybridized carbons (Fsp3) is 0.344. The molecule has 0 radical (unpaired) electrons. The van der Waals surface area contributed by atoms with Crippen molar-refractivity contribution < 1.29 is 19.1 Å². The van der Waals surface area contributed by atoms with E-state index in [0.717, 1.165) is 36.2 Å². The van der Waals surface area contributed by atoms with Crippen molar-refractivity contribution in [1.82, 2.24) is 14.5 Å². The molecule has 4 heterocycles. The van der Waals surface area contributed by atoms with Gasteiger partial charge in [0.2, 0.25) is 5.91 Å². The molecule has 3 aliphatic heterocycles. The zero-order valence-corrected chi connectivity index (χ0v) is 24.2. The van der Waals surface area contributed by atoms with Gasteiger partial charge in [-0.25, -0.2) is 14.2 Å². The van der Waals surface area contributed by atoms with Gasteiger partial charge in [-0.05, 0) is 73.6 Å². The number of aryl methyl sites for hydroxylation is 2. The van der Waals surface area contributed by atoms with Gasteiger partial charge in [0.05, 0.1) is 21.6 Å². The second-order valence-electron chi connectivity index (χ2n) is 12.1. The average molecular weight is 605 g/mol. The highest BCUT2D eigenvalue weighted by Crippen LogP contribution is 2.64. The van der Waals surface area contributed by atoms with Gasteiger partial charge in [-0.2, -0.15) is 0 Å². The van der Waals surface area contributed by atoms with Crippen molar-refractivity contribution in [2.75, 3.05) is 11.9 Å². The van der Waals surface area contributed by atoms with Crippen molar-refractivity contribution in [2.24, 2.45) is 5.92 Å². The van der Waals surface area contributed by atoms with Crippen LogP contribution in [0, 0.1) is 18.7 Å². The zero-order valence-electron chi connectivity index (χ0n) is 22.7. The van der Waals surface area contributed by atoms with Gasteiger partial charge in [-0.1, -0.05) is 41.4 Å². The van der Waals surface area contributed by atoms with Crippen LogP contribution in [-0.4, -0.2) is 44.0 Å². The monoisotopic (exact) mass is 604 g/mol. The Bertz CT molecular complexity index is 1850. The maximum Gasteiger partial charge on any atom is 0.336 e. The summed E-state index contributed by atoms with van der Waals surface area (Å²) in [6.45, 7) is 3.14. The number of benzene rings is 3. The number of fused-ring (bicyclic) bond motifs is 7. The van der Waals surface area contributed by atoms with Gasteiger partial charge < -0.3 is 15.0 Å². The number of anilines is 1. The van der Waals surface area contributed by atoms with E-state index < -0.39 is 23.2 Å². The van der Waals surface area contributed by atoms with Gasteiger partial charge in [0.15, 0.2) is 0 Å². The lowest BCUT2D eigenvalue weighted by Crippen LogP contribution is -2.53. The minimum atomic E-state index is -1.21. The number of aromatic carboxylic acids is 1. The molecule has 1 aliphatic carbocycles. The maximum atomic E-state index is 16.2. The standard InChI is InChI=1S/C32H27Cl2FN4O3/c1-15-11-25-23(13-19(15)30(40)41)36-29-26-24(9-10-38(25)29)39(14-16-5-6-16)32(27(26)18-3-2-4-21(34)28(18)35)20-8-7-17(33)12-22(20)37-31(32)42/h2-4,7-8,11-13,16,24,26-27H,5-6,9-10,14H2,1H3,(H,37,42)(H,40,41)/t24-,26+,27-,32+/m0/s1. The summed E-state index contributed by atoms with van der Waals surface area (Å²) in [5.41, 5.74) is 2.85. The molecule has 0 bridgehead atoms. The molecule has 1 amide bonds. The molecule has 1 aromatic heterocycles. The molecule has 1 saturated carbocycles. The predicted molar refractivity (Wildman–Crippen MR) is 158 cm³/mol. The third-order valence-corrected chi connectivity index (χ3v) is 10.4. The fourth-order valence-corrected chi connectivity index (χ4v) is 8.33. The second kappa shape index (κ2) is 9.02. The van der Waals surface area contributed by atoms with E-state index in [1.54, 1.807) is 37.3 Å². The molecule has 42 heavy (non-hydrogen) atoms. The number of hydrogen-bond acceptors (Lipinski definition) is 4. The number of imidazole rings is 1. The molecule has 10 heteroatoms. The number of carbonyl (C=O) groups excluding carboxylic acids is 1. The number of rotatable bonds is 4. The van der Waals surface area contributed by atoms with E-state index in [1.165, 1.54) is 6.07 Å². The van der Waals surface area contributed by atoms with Gasteiger partial charge in [0.1, 0.15) is 17.2 Å². The van der Waals surface area contributed by atoms with Gasteiger partial charge in [-0.3, -0.25) is 9.69 Å². The highest BCUT2D eigenvalue weighted by Gasteiger charge is 2.69. The summed E-state index contributed by atoms with van der Waals surface area (Å²) in [6, 6.07) is 13.8. The van der Waals surface area contributed by atoms with E-state index in [2.05, 4.69) is 14.8 Å². The number of carboxylic acid groups (broad SMARTS) is 1. The summed E-state index contributed by atoms with van der Waals surface area (Å²) in [5.74, 6) is -1.58. The minimum Gasteiger partial charge on any atom is -0.478 e. The Morgan fingerprint density at radius 3 is 2.74 bits per heavy atom. The van der Waals surface area contributed by atoms with Crippen molar-refractivity contribution in [3.05, 3.63) is 92.5 Å². The first-order chi connectivity index (χ1) is 20.2. The summed E-state index contributed by atoms with van der Waals surface area (Å²) in [4.78, 5) is 33.8. The highest BCUT2D eigenvalue weighted by molar-refractivity contribution is 6.31. The Kier molecular flexibility index (Phi) is 5.62. The van der Waals surface area contributed by atoms with Crippen molar-refractivity contribution >= 4 is 51.8 Å². The van der Waals surface area contributed by atoms with Crippen molar-refractivity contribution in [3.63, 3.8) is 0 Å². The minimum absolute atomic E-state index is 0.000569. The molecule has 0 unspecified atom stereocenters. The van der Waals surface area contributed by atoms with Gasteiger partial charge >= 0.3 is 5.97 Å².